The number of rotatable bonds is 1. The van der Waals surface area contributed by atoms with Crippen molar-refractivity contribution in [3.63, 3.8) is 0 Å². The Morgan fingerprint density at radius 1 is 1.09 bits per heavy atom. The normalized spacial score (nSPS) is 13.8. The zero-order valence-electron chi connectivity index (χ0n) is 12.6. The Hall–Kier alpha value is -2.60. The fraction of sp³-hybridized carbons (Fsp3) is 0.263. The monoisotopic (exact) mass is 287 g/mol. The van der Waals surface area contributed by atoms with Gasteiger partial charge in [-0.1, -0.05) is 12.1 Å². The second-order valence-corrected chi connectivity index (χ2v) is 5.99. The van der Waals surface area contributed by atoms with Crippen LogP contribution in [-0.2, 0) is 12.8 Å². The van der Waals surface area contributed by atoms with Crippen molar-refractivity contribution >= 4 is 5.65 Å². The van der Waals surface area contributed by atoms with Gasteiger partial charge in [0.05, 0.1) is 11.3 Å². The van der Waals surface area contributed by atoms with Gasteiger partial charge in [-0.15, -0.1) is 0 Å². The topological polar surface area (TPSA) is 41.1 Å². The number of aryl methyl sites for hydroxylation is 3. The molecule has 4 rings (SSSR count). The Morgan fingerprint density at radius 2 is 1.91 bits per heavy atom. The third-order valence-corrected chi connectivity index (χ3v) is 4.61. The number of benzene rings is 1. The van der Waals surface area contributed by atoms with Crippen molar-refractivity contribution in [2.45, 2.75) is 32.6 Å². The maximum absolute atomic E-state index is 9.06. The van der Waals surface area contributed by atoms with Crippen molar-refractivity contribution in [2.24, 2.45) is 0 Å². The molecule has 22 heavy (non-hydrogen) atoms. The van der Waals surface area contributed by atoms with E-state index in [0.717, 1.165) is 17.0 Å². The number of aromatic nitrogens is 2. The van der Waals surface area contributed by atoms with Crippen LogP contribution in [0.15, 0.2) is 36.5 Å². The van der Waals surface area contributed by atoms with Gasteiger partial charge >= 0.3 is 0 Å². The van der Waals surface area contributed by atoms with E-state index in [-0.39, 0.29) is 0 Å². The molecular weight excluding hydrogens is 270 g/mol. The SMILES string of the molecule is Cc1c(-c2ccc3c(c2)CCCC3)nc2ccc(C#N)cn12. The van der Waals surface area contributed by atoms with Crippen molar-refractivity contribution in [2.75, 3.05) is 0 Å². The Bertz CT molecular complexity index is 912. The molecule has 0 spiro atoms. The molecule has 2 heterocycles. The largest absolute Gasteiger partial charge is 0.302 e. The lowest BCUT2D eigenvalue weighted by atomic mass is 9.90. The van der Waals surface area contributed by atoms with Crippen LogP contribution in [0, 0.1) is 18.3 Å². The number of imidazole rings is 1. The van der Waals surface area contributed by atoms with Crippen LogP contribution in [0.5, 0.6) is 0 Å². The average molecular weight is 287 g/mol. The van der Waals surface area contributed by atoms with Crippen LogP contribution in [-0.4, -0.2) is 9.38 Å². The first-order valence-corrected chi connectivity index (χ1v) is 7.77. The summed E-state index contributed by atoms with van der Waals surface area (Å²) in [5.41, 5.74) is 7.79. The Morgan fingerprint density at radius 3 is 2.73 bits per heavy atom. The second-order valence-electron chi connectivity index (χ2n) is 5.99. The zero-order valence-corrected chi connectivity index (χ0v) is 12.6. The molecule has 0 fully saturated rings. The van der Waals surface area contributed by atoms with E-state index < -0.39 is 0 Å². The molecule has 0 atom stereocenters. The standard InChI is InChI=1S/C19H17N3/c1-13-19(21-18-9-6-14(11-20)12-22(13)18)17-8-7-15-4-2-3-5-16(15)10-17/h6-10,12H,2-5H2,1H3. The number of nitriles is 1. The molecule has 0 radical (unpaired) electrons. The molecule has 0 bridgehead atoms. The third-order valence-electron chi connectivity index (χ3n) is 4.61. The number of fused-ring (bicyclic) bond motifs is 2. The van der Waals surface area contributed by atoms with Crippen molar-refractivity contribution < 1.29 is 0 Å². The summed E-state index contributed by atoms with van der Waals surface area (Å²) in [6.45, 7) is 2.07. The van der Waals surface area contributed by atoms with Crippen LogP contribution in [0.4, 0.5) is 0 Å². The third kappa shape index (κ3) is 2.00. The van der Waals surface area contributed by atoms with Gasteiger partial charge in [0.15, 0.2) is 0 Å². The van der Waals surface area contributed by atoms with E-state index in [2.05, 4.69) is 31.2 Å². The number of pyridine rings is 1. The number of nitrogens with zero attached hydrogens (tertiary/aromatic N) is 3. The minimum Gasteiger partial charge on any atom is -0.302 e. The van der Waals surface area contributed by atoms with E-state index in [1.807, 2.05) is 22.7 Å². The van der Waals surface area contributed by atoms with Crippen molar-refractivity contribution in [1.29, 1.82) is 5.26 Å². The van der Waals surface area contributed by atoms with Gasteiger partial charge in [0.25, 0.3) is 0 Å². The van der Waals surface area contributed by atoms with Gasteiger partial charge in [0, 0.05) is 17.5 Å². The van der Waals surface area contributed by atoms with E-state index >= 15 is 0 Å². The average Bonchev–Trinajstić information content (AvgIpc) is 2.90. The van der Waals surface area contributed by atoms with Gasteiger partial charge in [-0.05, 0) is 61.9 Å². The fourth-order valence-corrected chi connectivity index (χ4v) is 3.38. The van der Waals surface area contributed by atoms with E-state index in [9.17, 15) is 0 Å². The highest BCUT2D eigenvalue weighted by Crippen LogP contribution is 2.29. The fourth-order valence-electron chi connectivity index (χ4n) is 3.38. The number of hydrogen-bond donors (Lipinski definition) is 0. The van der Waals surface area contributed by atoms with Gasteiger partial charge in [-0.3, -0.25) is 0 Å². The molecular formula is C19H17N3. The lowest BCUT2D eigenvalue weighted by Crippen LogP contribution is -2.02. The summed E-state index contributed by atoms with van der Waals surface area (Å²) < 4.78 is 2.01. The van der Waals surface area contributed by atoms with Crippen LogP contribution < -0.4 is 0 Å². The van der Waals surface area contributed by atoms with Crippen LogP contribution in [0.3, 0.4) is 0 Å². The second kappa shape index (κ2) is 4.99. The Kier molecular flexibility index (Phi) is 2.97. The van der Waals surface area contributed by atoms with E-state index in [1.165, 1.54) is 42.4 Å². The van der Waals surface area contributed by atoms with Crippen molar-refractivity contribution in [3.8, 4) is 17.3 Å². The van der Waals surface area contributed by atoms with Crippen LogP contribution in [0.1, 0.15) is 35.2 Å². The van der Waals surface area contributed by atoms with Crippen LogP contribution >= 0.6 is 0 Å². The molecule has 0 unspecified atom stereocenters. The smallest absolute Gasteiger partial charge is 0.137 e. The first kappa shape index (κ1) is 13.1. The highest BCUT2D eigenvalue weighted by Gasteiger charge is 2.14. The molecule has 0 aliphatic heterocycles. The zero-order chi connectivity index (χ0) is 15.1. The molecule has 3 nitrogen and oxygen atoms in total. The van der Waals surface area contributed by atoms with Gasteiger partial charge in [-0.25, -0.2) is 4.98 Å². The molecule has 1 aliphatic carbocycles. The summed E-state index contributed by atoms with van der Waals surface area (Å²) in [5.74, 6) is 0. The molecule has 0 N–H and O–H groups in total. The molecule has 3 heteroatoms. The maximum Gasteiger partial charge on any atom is 0.137 e. The lowest BCUT2D eigenvalue weighted by Gasteiger charge is -2.16. The first-order chi connectivity index (χ1) is 10.8. The van der Waals surface area contributed by atoms with Gasteiger partial charge in [0.1, 0.15) is 11.7 Å². The Balaban J connectivity index is 1.87. The maximum atomic E-state index is 9.06. The molecule has 0 saturated heterocycles. The molecule has 0 saturated carbocycles. The van der Waals surface area contributed by atoms with Crippen LogP contribution in [0.25, 0.3) is 16.9 Å². The lowest BCUT2D eigenvalue weighted by molar-refractivity contribution is 0.686. The molecule has 1 aromatic carbocycles. The highest BCUT2D eigenvalue weighted by atomic mass is 15.0. The summed E-state index contributed by atoms with van der Waals surface area (Å²) in [6.07, 6.45) is 6.82. The van der Waals surface area contributed by atoms with E-state index in [0.29, 0.717) is 5.56 Å². The predicted octanol–water partition coefficient (Wildman–Crippen LogP) is 4.06. The predicted molar refractivity (Wildman–Crippen MR) is 86.7 cm³/mol. The Labute approximate surface area is 129 Å². The molecule has 1 aliphatic rings. The summed E-state index contributed by atoms with van der Waals surface area (Å²) in [4.78, 5) is 4.76. The molecule has 2 aromatic heterocycles. The molecule has 108 valence electrons. The van der Waals surface area contributed by atoms with E-state index in [1.54, 1.807) is 0 Å². The highest BCUT2D eigenvalue weighted by molar-refractivity contribution is 5.68. The van der Waals surface area contributed by atoms with Gasteiger partial charge in [0.2, 0.25) is 0 Å². The van der Waals surface area contributed by atoms with Crippen molar-refractivity contribution in [1.82, 2.24) is 9.38 Å². The first-order valence-electron chi connectivity index (χ1n) is 7.77. The van der Waals surface area contributed by atoms with Crippen molar-refractivity contribution in [3.05, 3.63) is 58.9 Å². The van der Waals surface area contributed by atoms with Gasteiger partial charge in [-0.2, -0.15) is 5.26 Å². The molecule has 0 amide bonds. The summed E-state index contributed by atoms with van der Waals surface area (Å²) in [6, 6.07) is 12.7. The van der Waals surface area contributed by atoms with Gasteiger partial charge < -0.3 is 4.40 Å². The summed E-state index contributed by atoms with van der Waals surface area (Å²) in [7, 11) is 0. The minimum atomic E-state index is 0.657. The summed E-state index contributed by atoms with van der Waals surface area (Å²) >= 11 is 0. The minimum absolute atomic E-state index is 0.657. The number of hydrogen-bond acceptors (Lipinski definition) is 2. The quantitative estimate of drug-likeness (QED) is 0.677. The molecule has 3 aromatic rings. The van der Waals surface area contributed by atoms with E-state index in [4.69, 9.17) is 10.2 Å². The van der Waals surface area contributed by atoms with Crippen LogP contribution in [0.2, 0.25) is 0 Å². The summed E-state index contributed by atoms with van der Waals surface area (Å²) in [5, 5.41) is 9.06.